The number of rotatable bonds is 4. The van der Waals surface area contributed by atoms with Crippen LogP contribution in [0, 0.1) is 16.7 Å². The van der Waals surface area contributed by atoms with E-state index in [9.17, 15) is 4.79 Å². The highest BCUT2D eigenvalue weighted by Crippen LogP contribution is 2.25. The van der Waals surface area contributed by atoms with Gasteiger partial charge in [0.15, 0.2) is 5.78 Å². The first kappa shape index (κ1) is 14.7. The van der Waals surface area contributed by atoms with E-state index in [0.717, 1.165) is 0 Å². The number of carbonyl (C=O) groups excluding carboxylic acids is 1. The highest BCUT2D eigenvalue weighted by atomic mass is 16.5. The second-order valence-corrected chi connectivity index (χ2v) is 5.59. The number of hydrogen-bond donors (Lipinski definition) is 0. The molecule has 0 aliphatic heterocycles. The normalized spacial score (nSPS) is 12.5. The third kappa shape index (κ3) is 3.45. The van der Waals surface area contributed by atoms with Crippen LogP contribution < -0.4 is 4.74 Å². The molecule has 0 saturated heterocycles. The van der Waals surface area contributed by atoms with Crippen molar-refractivity contribution in [2.75, 3.05) is 0 Å². The summed E-state index contributed by atoms with van der Waals surface area (Å²) in [6.45, 7) is 5.48. The highest BCUT2D eigenvalue weighted by Gasteiger charge is 2.32. The zero-order chi connectivity index (χ0) is 15.5. The molecule has 1 atom stereocenters. The summed E-state index contributed by atoms with van der Waals surface area (Å²) in [5.74, 6) is 0.192. The van der Waals surface area contributed by atoms with E-state index in [4.69, 9.17) is 10.00 Å². The number of aromatic nitrogens is 3. The fraction of sp³-hybridized carbons (Fsp3) is 0.333. The van der Waals surface area contributed by atoms with Crippen LogP contribution in [0.2, 0.25) is 0 Å². The molecular formula is C15H16N4O2. The number of carbonyl (C=O) groups is 1. The van der Waals surface area contributed by atoms with E-state index in [1.165, 1.54) is 12.5 Å². The van der Waals surface area contributed by atoms with Gasteiger partial charge in [0.05, 0.1) is 11.9 Å². The van der Waals surface area contributed by atoms with E-state index in [0.29, 0.717) is 5.56 Å². The number of nitriles is 1. The molecule has 0 radical (unpaired) electrons. The van der Waals surface area contributed by atoms with Crippen LogP contribution in [-0.4, -0.2) is 20.3 Å². The first-order valence-corrected chi connectivity index (χ1v) is 6.46. The predicted molar refractivity (Wildman–Crippen MR) is 75.3 cm³/mol. The molecule has 2 aromatic rings. The lowest BCUT2D eigenvalue weighted by Gasteiger charge is -2.25. The van der Waals surface area contributed by atoms with Gasteiger partial charge in [0.1, 0.15) is 6.07 Å². The molecule has 2 aromatic heterocycles. The number of hydrogen-bond acceptors (Lipinski definition) is 5. The molecule has 0 aliphatic carbocycles. The van der Waals surface area contributed by atoms with Crippen molar-refractivity contribution in [3.8, 4) is 11.9 Å². The van der Waals surface area contributed by atoms with Crippen LogP contribution in [0.25, 0.3) is 0 Å². The summed E-state index contributed by atoms with van der Waals surface area (Å²) in [6.07, 6.45) is 5.34. The van der Waals surface area contributed by atoms with E-state index in [-0.39, 0.29) is 11.7 Å². The molecule has 0 aliphatic rings. The van der Waals surface area contributed by atoms with Crippen molar-refractivity contribution in [3.05, 3.63) is 42.6 Å². The SMILES string of the molecule is CC(C)(C)C(=O)C(Oc1ccc(C#N)cn1)n1ccnc1. The molecular weight excluding hydrogens is 268 g/mol. The molecule has 6 nitrogen and oxygen atoms in total. The number of pyridine rings is 1. The Morgan fingerprint density at radius 1 is 1.43 bits per heavy atom. The summed E-state index contributed by atoms with van der Waals surface area (Å²) in [5.41, 5.74) is -0.134. The van der Waals surface area contributed by atoms with Crippen molar-refractivity contribution in [2.45, 2.75) is 27.0 Å². The molecule has 2 heterocycles. The van der Waals surface area contributed by atoms with Gasteiger partial charge in [0.2, 0.25) is 12.1 Å². The lowest BCUT2D eigenvalue weighted by atomic mass is 9.89. The lowest BCUT2D eigenvalue weighted by molar-refractivity contribution is -0.137. The summed E-state index contributed by atoms with van der Waals surface area (Å²) in [5, 5.41) is 8.76. The van der Waals surface area contributed by atoms with Gasteiger partial charge >= 0.3 is 0 Å². The molecule has 1 unspecified atom stereocenters. The van der Waals surface area contributed by atoms with Crippen LogP contribution in [0.5, 0.6) is 5.88 Å². The van der Waals surface area contributed by atoms with Crippen molar-refractivity contribution in [3.63, 3.8) is 0 Å². The average molecular weight is 284 g/mol. The molecule has 0 spiro atoms. The Balaban J connectivity index is 2.28. The Morgan fingerprint density at radius 2 is 2.19 bits per heavy atom. The Hall–Kier alpha value is -2.68. The van der Waals surface area contributed by atoms with Crippen LogP contribution in [0.3, 0.4) is 0 Å². The quantitative estimate of drug-likeness (QED) is 0.860. The third-order valence-corrected chi connectivity index (χ3v) is 2.86. The highest BCUT2D eigenvalue weighted by molar-refractivity contribution is 5.86. The molecule has 21 heavy (non-hydrogen) atoms. The van der Waals surface area contributed by atoms with Crippen molar-refractivity contribution >= 4 is 5.78 Å². The molecule has 0 N–H and O–H groups in total. The van der Waals surface area contributed by atoms with Crippen LogP contribution in [0.15, 0.2) is 37.1 Å². The number of ketones is 1. The standard InChI is InChI=1S/C15H16N4O2/c1-15(2,3)13(20)14(19-7-6-17-10-19)21-12-5-4-11(8-16)9-18-12/h4-7,9-10,14H,1-3H3. The maximum Gasteiger partial charge on any atom is 0.238 e. The minimum absolute atomic E-state index is 0.0911. The van der Waals surface area contributed by atoms with Crippen LogP contribution in [-0.2, 0) is 4.79 Å². The molecule has 0 bridgehead atoms. The monoisotopic (exact) mass is 284 g/mol. The summed E-state index contributed by atoms with van der Waals surface area (Å²) in [7, 11) is 0. The predicted octanol–water partition coefficient (Wildman–Crippen LogP) is 2.34. The minimum atomic E-state index is -0.840. The van der Waals surface area contributed by atoms with E-state index < -0.39 is 11.6 Å². The molecule has 6 heteroatoms. The number of ether oxygens (including phenoxy) is 1. The summed E-state index contributed by atoms with van der Waals surface area (Å²) in [4.78, 5) is 20.5. The largest absolute Gasteiger partial charge is 0.446 e. The Morgan fingerprint density at radius 3 is 2.67 bits per heavy atom. The van der Waals surface area contributed by atoms with E-state index in [1.807, 2.05) is 26.8 Å². The maximum atomic E-state index is 12.5. The van der Waals surface area contributed by atoms with Gasteiger partial charge in [-0.1, -0.05) is 20.8 Å². The van der Waals surface area contributed by atoms with Crippen molar-refractivity contribution in [1.29, 1.82) is 5.26 Å². The summed E-state index contributed by atoms with van der Waals surface area (Å²) < 4.78 is 7.29. The molecule has 0 amide bonds. The number of imidazole rings is 1. The average Bonchev–Trinajstić information content (AvgIpc) is 2.97. The zero-order valence-electron chi connectivity index (χ0n) is 12.1. The molecule has 0 aromatic carbocycles. The maximum absolute atomic E-state index is 12.5. The second-order valence-electron chi connectivity index (χ2n) is 5.59. The van der Waals surface area contributed by atoms with Crippen LogP contribution >= 0.6 is 0 Å². The number of nitrogens with zero attached hydrogens (tertiary/aromatic N) is 4. The van der Waals surface area contributed by atoms with Gasteiger partial charge in [0.25, 0.3) is 0 Å². The van der Waals surface area contributed by atoms with Crippen LogP contribution in [0.1, 0.15) is 32.6 Å². The minimum Gasteiger partial charge on any atom is -0.446 e. The van der Waals surface area contributed by atoms with Gasteiger partial charge in [-0.2, -0.15) is 5.26 Å². The second kappa shape index (κ2) is 5.75. The zero-order valence-corrected chi connectivity index (χ0v) is 12.1. The van der Waals surface area contributed by atoms with E-state index in [1.54, 1.807) is 29.1 Å². The summed E-state index contributed by atoms with van der Waals surface area (Å²) in [6, 6.07) is 5.14. The van der Waals surface area contributed by atoms with E-state index in [2.05, 4.69) is 9.97 Å². The third-order valence-electron chi connectivity index (χ3n) is 2.86. The topological polar surface area (TPSA) is 80.8 Å². The Labute approximate surface area is 123 Å². The summed E-state index contributed by atoms with van der Waals surface area (Å²) >= 11 is 0. The smallest absolute Gasteiger partial charge is 0.238 e. The van der Waals surface area contributed by atoms with Crippen molar-refractivity contribution in [2.24, 2.45) is 5.41 Å². The van der Waals surface area contributed by atoms with Gasteiger partial charge in [-0.3, -0.25) is 9.36 Å². The van der Waals surface area contributed by atoms with Crippen molar-refractivity contribution < 1.29 is 9.53 Å². The first-order valence-electron chi connectivity index (χ1n) is 6.46. The Bertz CT molecular complexity index is 648. The van der Waals surface area contributed by atoms with Crippen LogP contribution in [0.4, 0.5) is 0 Å². The Kier molecular flexibility index (Phi) is 4.03. The fourth-order valence-electron chi connectivity index (χ4n) is 1.66. The molecule has 108 valence electrons. The van der Waals surface area contributed by atoms with Gasteiger partial charge in [-0.25, -0.2) is 9.97 Å². The van der Waals surface area contributed by atoms with Gasteiger partial charge in [0, 0.05) is 30.1 Å². The van der Waals surface area contributed by atoms with E-state index >= 15 is 0 Å². The first-order chi connectivity index (χ1) is 9.91. The lowest BCUT2D eigenvalue weighted by Crippen LogP contribution is -2.33. The molecule has 0 saturated carbocycles. The molecule has 2 rings (SSSR count). The van der Waals surface area contributed by atoms with Gasteiger partial charge < -0.3 is 4.74 Å². The van der Waals surface area contributed by atoms with Gasteiger partial charge in [-0.05, 0) is 6.07 Å². The van der Waals surface area contributed by atoms with Crippen molar-refractivity contribution in [1.82, 2.24) is 14.5 Å². The molecule has 0 fully saturated rings. The fourth-order valence-corrected chi connectivity index (χ4v) is 1.66. The van der Waals surface area contributed by atoms with Gasteiger partial charge in [-0.15, -0.1) is 0 Å². The number of Topliss-reactive ketones (excluding diaryl/α,β-unsaturated/α-hetero) is 1.